The predicted octanol–water partition coefficient (Wildman–Crippen LogP) is 1.74. The van der Waals surface area contributed by atoms with Gasteiger partial charge in [-0.15, -0.1) is 0 Å². The third-order valence-electron chi connectivity index (χ3n) is 3.62. The van der Waals surface area contributed by atoms with Gasteiger partial charge in [-0.05, 0) is 43.3 Å². The number of rotatable bonds is 8. The maximum absolute atomic E-state index is 11.4. The minimum absolute atomic E-state index is 0.250. The number of hydrogen-bond donors (Lipinski definition) is 0. The first-order valence-corrected chi connectivity index (χ1v) is 9.26. The van der Waals surface area contributed by atoms with Crippen molar-refractivity contribution >= 4 is 10.0 Å². The molecule has 0 fully saturated rings. The van der Waals surface area contributed by atoms with Gasteiger partial charge in [-0.2, -0.15) is 4.31 Å². The van der Waals surface area contributed by atoms with E-state index in [1.54, 1.807) is 19.4 Å². The standard InChI is InChI=1S/C16H23N3O3S/c1-18(11-8-14-6-9-17-10-7-14)12-15-4-5-16(22-15)13-19(2)23(3,20)21/h4-7,9-10H,8,11-13H2,1-3H3. The lowest BCUT2D eigenvalue weighted by molar-refractivity contribution is 0.289. The Bertz CT molecular complexity index is 713. The van der Waals surface area contributed by atoms with Gasteiger partial charge in [0.15, 0.2) is 0 Å². The van der Waals surface area contributed by atoms with Crippen LogP contribution in [0.5, 0.6) is 0 Å². The Morgan fingerprint density at radius 2 is 1.65 bits per heavy atom. The molecule has 2 aromatic rings. The second kappa shape index (κ2) is 7.72. The summed E-state index contributed by atoms with van der Waals surface area (Å²) in [5, 5.41) is 0. The molecule has 0 N–H and O–H groups in total. The van der Waals surface area contributed by atoms with E-state index in [9.17, 15) is 8.42 Å². The van der Waals surface area contributed by atoms with Gasteiger partial charge in [0.1, 0.15) is 11.5 Å². The van der Waals surface area contributed by atoms with Crippen molar-refractivity contribution in [2.45, 2.75) is 19.5 Å². The van der Waals surface area contributed by atoms with E-state index in [1.807, 2.05) is 31.3 Å². The Kier molecular flexibility index (Phi) is 5.92. The molecule has 126 valence electrons. The normalized spacial score (nSPS) is 12.2. The molecule has 23 heavy (non-hydrogen) atoms. The van der Waals surface area contributed by atoms with Gasteiger partial charge >= 0.3 is 0 Å². The van der Waals surface area contributed by atoms with Crippen molar-refractivity contribution in [3.8, 4) is 0 Å². The molecule has 0 saturated carbocycles. The van der Waals surface area contributed by atoms with Gasteiger partial charge in [0.2, 0.25) is 10.0 Å². The van der Waals surface area contributed by atoms with Crippen LogP contribution in [0.15, 0.2) is 41.1 Å². The second-order valence-corrected chi connectivity index (χ2v) is 7.82. The first kappa shape index (κ1) is 17.7. The molecule has 2 rings (SSSR count). The summed E-state index contributed by atoms with van der Waals surface area (Å²) in [6, 6.07) is 7.75. The second-order valence-electron chi connectivity index (χ2n) is 5.73. The Morgan fingerprint density at radius 1 is 1.04 bits per heavy atom. The zero-order chi connectivity index (χ0) is 16.9. The maximum atomic E-state index is 11.4. The van der Waals surface area contributed by atoms with E-state index in [0.29, 0.717) is 12.3 Å². The van der Waals surface area contributed by atoms with Gasteiger partial charge in [-0.25, -0.2) is 8.42 Å². The van der Waals surface area contributed by atoms with Gasteiger partial charge in [0, 0.05) is 26.0 Å². The van der Waals surface area contributed by atoms with Gasteiger partial charge in [0.25, 0.3) is 0 Å². The van der Waals surface area contributed by atoms with E-state index in [2.05, 4.69) is 9.88 Å². The van der Waals surface area contributed by atoms with Crippen LogP contribution < -0.4 is 0 Å². The Morgan fingerprint density at radius 3 is 2.26 bits per heavy atom. The lowest BCUT2D eigenvalue weighted by atomic mass is 10.2. The van der Waals surface area contributed by atoms with Crippen molar-refractivity contribution in [2.75, 3.05) is 26.9 Å². The predicted molar refractivity (Wildman–Crippen MR) is 89.3 cm³/mol. The highest BCUT2D eigenvalue weighted by Crippen LogP contribution is 2.13. The highest BCUT2D eigenvalue weighted by molar-refractivity contribution is 7.88. The van der Waals surface area contributed by atoms with Crippen LogP contribution in [0.1, 0.15) is 17.1 Å². The SMILES string of the molecule is CN(CCc1ccncc1)Cc1ccc(CN(C)S(C)(=O)=O)o1. The summed E-state index contributed by atoms with van der Waals surface area (Å²) in [6.07, 6.45) is 5.73. The first-order chi connectivity index (χ1) is 10.8. The van der Waals surface area contributed by atoms with E-state index in [0.717, 1.165) is 18.7 Å². The summed E-state index contributed by atoms with van der Waals surface area (Å²) in [7, 11) is 0.378. The summed E-state index contributed by atoms with van der Waals surface area (Å²) < 4.78 is 29.8. The van der Waals surface area contributed by atoms with Crippen LogP contribution in [-0.4, -0.2) is 49.5 Å². The van der Waals surface area contributed by atoms with Crippen LogP contribution in [0, 0.1) is 0 Å². The smallest absolute Gasteiger partial charge is 0.211 e. The molecule has 0 spiro atoms. The van der Waals surface area contributed by atoms with Crippen molar-refractivity contribution in [2.24, 2.45) is 0 Å². The van der Waals surface area contributed by atoms with Crippen molar-refractivity contribution in [3.05, 3.63) is 53.7 Å². The van der Waals surface area contributed by atoms with E-state index in [-0.39, 0.29) is 6.54 Å². The molecule has 0 radical (unpaired) electrons. The molecular weight excluding hydrogens is 314 g/mol. The summed E-state index contributed by atoms with van der Waals surface area (Å²) in [6.45, 7) is 1.84. The fourth-order valence-corrected chi connectivity index (χ4v) is 2.51. The number of furan rings is 1. The average molecular weight is 337 g/mol. The van der Waals surface area contributed by atoms with Gasteiger partial charge < -0.3 is 4.42 Å². The topological polar surface area (TPSA) is 66.7 Å². The highest BCUT2D eigenvalue weighted by Gasteiger charge is 2.14. The van der Waals surface area contributed by atoms with E-state index < -0.39 is 10.0 Å². The number of sulfonamides is 1. The summed E-state index contributed by atoms with van der Waals surface area (Å²) in [5.74, 6) is 1.48. The number of hydrogen-bond acceptors (Lipinski definition) is 5. The molecule has 0 atom stereocenters. The van der Waals surface area contributed by atoms with Crippen molar-refractivity contribution in [1.82, 2.24) is 14.2 Å². The zero-order valence-electron chi connectivity index (χ0n) is 13.8. The lowest BCUT2D eigenvalue weighted by Crippen LogP contribution is -2.24. The lowest BCUT2D eigenvalue weighted by Gasteiger charge is -2.15. The molecule has 0 aromatic carbocycles. The Balaban J connectivity index is 1.84. The molecular formula is C16H23N3O3S. The minimum Gasteiger partial charge on any atom is -0.463 e. The van der Waals surface area contributed by atoms with Crippen molar-refractivity contribution in [3.63, 3.8) is 0 Å². The van der Waals surface area contributed by atoms with Gasteiger partial charge in [0.05, 0.1) is 19.3 Å². The van der Waals surface area contributed by atoms with Crippen molar-refractivity contribution in [1.29, 1.82) is 0 Å². The van der Waals surface area contributed by atoms with Crippen molar-refractivity contribution < 1.29 is 12.8 Å². The molecule has 0 amide bonds. The molecule has 0 aliphatic rings. The van der Waals surface area contributed by atoms with Crippen LogP contribution in [0.4, 0.5) is 0 Å². The number of aromatic nitrogens is 1. The van der Waals surface area contributed by atoms with Crippen LogP contribution in [0.25, 0.3) is 0 Å². The summed E-state index contributed by atoms with van der Waals surface area (Å²) in [4.78, 5) is 6.18. The molecule has 6 nitrogen and oxygen atoms in total. The third kappa shape index (κ3) is 5.78. The molecule has 0 saturated heterocycles. The molecule has 7 heteroatoms. The molecule has 2 aromatic heterocycles. The number of nitrogens with zero attached hydrogens (tertiary/aromatic N) is 3. The van der Waals surface area contributed by atoms with E-state index in [4.69, 9.17) is 4.42 Å². The molecule has 0 aliphatic carbocycles. The van der Waals surface area contributed by atoms with E-state index in [1.165, 1.54) is 16.1 Å². The molecule has 2 heterocycles. The zero-order valence-corrected chi connectivity index (χ0v) is 14.6. The average Bonchev–Trinajstić information content (AvgIpc) is 2.92. The van der Waals surface area contributed by atoms with Gasteiger partial charge in [-0.3, -0.25) is 9.88 Å². The summed E-state index contributed by atoms with van der Waals surface area (Å²) >= 11 is 0. The Hall–Kier alpha value is -1.70. The van der Waals surface area contributed by atoms with Gasteiger partial charge in [-0.1, -0.05) is 0 Å². The highest BCUT2D eigenvalue weighted by atomic mass is 32.2. The fourth-order valence-electron chi connectivity index (χ4n) is 2.14. The molecule has 0 bridgehead atoms. The first-order valence-electron chi connectivity index (χ1n) is 7.41. The van der Waals surface area contributed by atoms with Crippen LogP contribution in [0.3, 0.4) is 0 Å². The largest absolute Gasteiger partial charge is 0.463 e. The van der Waals surface area contributed by atoms with E-state index >= 15 is 0 Å². The van der Waals surface area contributed by atoms with Crippen LogP contribution in [0.2, 0.25) is 0 Å². The van der Waals surface area contributed by atoms with Crippen LogP contribution in [-0.2, 0) is 29.5 Å². The quantitative estimate of drug-likeness (QED) is 0.734. The fraction of sp³-hybridized carbons (Fsp3) is 0.438. The molecule has 0 unspecified atom stereocenters. The summed E-state index contributed by atoms with van der Waals surface area (Å²) in [5.41, 5.74) is 1.25. The number of likely N-dealkylation sites (N-methyl/N-ethyl adjacent to an activating group) is 1. The number of pyridine rings is 1. The minimum atomic E-state index is -3.20. The van der Waals surface area contributed by atoms with Crippen LogP contribution >= 0.6 is 0 Å². The monoisotopic (exact) mass is 337 g/mol. The molecule has 0 aliphatic heterocycles. The Labute approximate surface area is 137 Å². The third-order valence-corrected chi connectivity index (χ3v) is 4.88. The maximum Gasteiger partial charge on any atom is 0.211 e.